The fraction of sp³-hybridized carbons (Fsp3) is 0.194. The van der Waals surface area contributed by atoms with E-state index in [1.807, 2.05) is 60.7 Å². The molecule has 11 heteroatoms. The van der Waals surface area contributed by atoms with Gasteiger partial charge in [0.2, 0.25) is 0 Å². The zero-order chi connectivity index (χ0) is 29.5. The molecule has 0 radical (unpaired) electrons. The maximum atomic E-state index is 12.7. The highest BCUT2D eigenvalue weighted by Crippen LogP contribution is 2.31. The number of sulfonamides is 1. The van der Waals surface area contributed by atoms with Crippen molar-refractivity contribution in [3.63, 3.8) is 0 Å². The average molecular weight is 586 g/mol. The molecule has 42 heavy (non-hydrogen) atoms. The molecule has 0 saturated heterocycles. The van der Waals surface area contributed by atoms with Crippen LogP contribution >= 0.6 is 0 Å². The SMILES string of the molecule is COc1ccc(Cc2c(Cn3nnc(NS(=O)(=O)c4ccccc4)n3)ccc(OC)c2Cc2ccc(OC)cc2)cc1. The highest BCUT2D eigenvalue weighted by Gasteiger charge is 2.19. The number of hydrogen-bond donors (Lipinski definition) is 1. The molecule has 10 nitrogen and oxygen atoms in total. The van der Waals surface area contributed by atoms with Gasteiger partial charge in [0, 0.05) is 12.0 Å². The van der Waals surface area contributed by atoms with Crippen molar-refractivity contribution in [3.05, 3.63) is 119 Å². The summed E-state index contributed by atoms with van der Waals surface area (Å²) in [5, 5.41) is 12.4. The van der Waals surface area contributed by atoms with Gasteiger partial charge in [0.05, 0.1) is 32.8 Å². The lowest BCUT2D eigenvalue weighted by atomic mass is 9.90. The summed E-state index contributed by atoms with van der Waals surface area (Å²) in [5.41, 5.74) is 5.22. The van der Waals surface area contributed by atoms with Crippen molar-refractivity contribution in [2.75, 3.05) is 26.1 Å². The summed E-state index contributed by atoms with van der Waals surface area (Å²) in [7, 11) is 1.10. The molecule has 0 aliphatic carbocycles. The molecular weight excluding hydrogens is 554 g/mol. The monoisotopic (exact) mass is 585 g/mol. The number of benzene rings is 4. The second-order valence-corrected chi connectivity index (χ2v) is 11.2. The normalized spacial score (nSPS) is 11.2. The summed E-state index contributed by atoms with van der Waals surface area (Å²) >= 11 is 0. The van der Waals surface area contributed by atoms with Crippen LogP contribution in [0.25, 0.3) is 0 Å². The Labute approximate surface area is 244 Å². The number of rotatable bonds is 12. The van der Waals surface area contributed by atoms with Crippen molar-refractivity contribution in [1.82, 2.24) is 20.2 Å². The van der Waals surface area contributed by atoms with Crippen LogP contribution in [0.5, 0.6) is 17.2 Å². The van der Waals surface area contributed by atoms with Crippen LogP contribution in [0.15, 0.2) is 95.9 Å². The maximum absolute atomic E-state index is 12.7. The Morgan fingerprint density at radius 1 is 0.714 bits per heavy atom. The van der Waals surface area contributed by atoms with Crippen LogP contribution in [-0.4, -0.2) is 50.0 Å². The minimum absolute atomic E-state index is 0.109. The predicted molar refractivity (Wildman–Crippen MR) is 159 cm³/mol. The van der Waals surface area contributed by atoms with Crippen LogP contribution in [0, 0.1) is 0 Å². The van der Waals surface area contributed by atoms with Gasteiger partial charge < -0.3 is 14.2 Å². The third-order valence-corrected chi connectivity index (χ3v) is 8.17. The molecular formula is C31H31N5O5S. The fourth-order valence-corrected chi connectivity index (χ4v) is 5.61. The molecule has 0 spiro atoms. The molecule has 4 aromatic carbocycles. The van der Waals surface area contributed by atoms with E-state index in [9.17, 15) is 8.42 Å². The van der Waals surface area contributed by atoms with E-state index < -0.39 is 10.0 Å². The molecule has 0 fully saturated rings. The molecule has 216 valence electrons. The number of anilines is 1. The summed E-state index contributed by atoms with van der Waals surface area (Å²) in [6.45, 7) is 0.269. The Morgan fingerprint density at radius 3 is 1.88 bits per heavy atom. The van der Waals surface area contributed by atoms with E-state index in [2.05, 4.69) is 20.1 Å². The Balaban J connectivity index is 1.48. The van der Waals surface area contributed by atoms with Crippen LogP contribution in [-0.2, 0) is 29.4 Å². The summed E-state index contributed by atoms with van der Waals surface area (Å²) in [5.74, 6) is 2.22. The van der Waals surface area contributed by atoms with E-state index >= 15 is 0 Å². The maximum Gasteiger partial charge on any atom is 0.277 e. The van der Waals surface area contributed by atoms with Gasteiger partial charge in [0.15, 0.2) is 0 Å². The number of ether oxygens (including phenoxy) is 3. The standard InChI is InChI=1S/C31H31N5O5S/c1-39-25-14-9-22(10-15-25)19-28-24(13-18-30(41-3)29(28)20-23-11-16-26(40-2)17-12-23)21-36-33-31(32-35-36)34-42(37,38)27-7-5-4-6-8-27/h4-18H,19-21H2,1-3H3,(H,33,34). The highest BCUT2D eigenvalue weighted by atomic mass is 32.2. The average Bonchev–Trinajstić information content (AvgIpc) is 3.45. The van der Waals surface area contributed by atoms with Crippen molar-refractivity contribution in [1.29, 1.82) is 0 Å². The van der Waals surface area contributed by atoms with Gasteiger partial charge in [0.1, 0.15) is 17.2 Å². The third kappa shape index (κ3) is 6.69. The van der Waals surface area contributed by atoms with Gasteiger partial charge in [0.25, 0.3) is 16.0 Å². The van der Waals surface area contributed by atoms with E-state index in [1.54, 1.807) is 39.5 Å². The van der Waals surface area contributed by atoms with Gasteiger partial charge in [-0.25, -0.2) is 13.1 Å². The minimum atomic E-state index is -3.85. The van der Waals surface area contributed by atoms with E-state index in [4.69, 9.17) is 14.2 Å². The number of hydrogen-bond acceptors (Lipinski definition) is 8. The quantitative estimate of drug-likeness (QED) is 0.223. The van der Waals surface area contributed by atoms with Gasteiger partial charge in [-0.1, -0.05) is 53.6 Å². The molecule has 0 atom stereocenters. The molecule has 1 aromatic heterocycles. The van der Waals surface area contributed by atoms with Gasteiger partial charge in [-0.05, 0) is 76.4 Å². The zero-order valence-electron chi connectivity index (χ0n) is 23.5. The molecule has 0 unspecified atom stereocenters. The van der Waals surface area contributed by atoms with Gasteiger partial charge in [-0.15, -0.1) is 5.10 Å². The lowest BCUT2D eigenvalue weighted by Gasteiger charge is -2.19. The van der Waals surface area contributed by atoms with Gasteiger partial charge >= 0.3 is 0 Å². The zero-order valence-corrected chi connectivity index (χ0v) is 24.3. The van der Waals surface area contributed by atoms with Crippen LogP contribution < -0.4 is 18.9 Å². The first-order valence-electron chi connectivity index (χ1n) is 13.2. The molecule has 0 saturated carbocycles. The Kier molecular flexibility index (Phi) is 8.68. The number of aromatic nitrogens is 4. The lowest BCUT2D eigenvalue weighted by Crippen LogP contribution is -2.14. The Morgan fingerprint density at radius 2 is 1.31 bits per heavy atom. The molecule has 1 N–H and O–H groups in total. The molecule has 0 aliphatic rings. The Bertz CT molecular complexity index is 1740. The van der Waals surface area contributed by atoms with E-state index in [0.29, 0.717) is 12.8 Å². The number of methoxy groups -OCH3 is 3. The summed E-state index contributed by atoms with van der Waals surface area (Å²) in [6.07, 6.45) is 1.24. The number of nitrogens with one attached hydrogen (secondary N) is 1. The minimum Gasteiger partial charge on any atom is -0.497 e. The molecule has 5 rings (SSSR count). The smallest absolute Gasteiger partial charge is 0.277 e. The molecule has 0 aliphatic heterocycles. The van der Waals surface area contributed by atoms with Crippen molar-refractivity contribution >= 4 is 16.0 Å². The van der Waals surface area contributed by atoms with E-state index in [1.165, 1.54) is 16.9 Å². The topological polar surface area (TPSA) is 117 Å². The highest BCUT2D eigenvalue weighted by molar-refractivity contribution is 7.92. The van der Waals surface area contributed by atoms with Crippen molar-refractivity contribution < 1.29 is 22.6 Å². The second-order valence-electron chi connectivity index (χ2n) is 9.50. The van der Waals surface area contributed by atoms with Crippen LogP contribution in [0.1, 0.15) is 27.8 Å². The van der Waals surface area contributed by atoms with Crippen molar-refractivity contribution in [2.45, 2.75) is 24.3 Å². The third-order valence-electron chi connectivity index (χ3n) is 6.83. The number of nitrogens with zero attached hydrogens (tertiary/aromatic N) is 4. The molecule has 0 amide bonds. The van der Waals surface area contributed by atoms with Gasteiger partial charge in [-0.2, -0.15) is 4.80 Å². The fourth-order valence-electron chi connectivity index (χ4n) is 4.65. The number of tetrazole rings is 1. The first kappa shape index (κ1) is 28.6. The first-order chi connectivity index (χ1) is 20.4. The molecule has 5 aromatic rings. The molecule has 0 bridgehead atoms. The van der Waals surface area contributed by atoms with Gasteiger partial charge in [-0.3, -0.25) is 0 Å². The van der Waals surface area contributed by atoms with Crippen LogP contribution in [0.2, 0.25) is 0 Å². The van der Waals surface area contributed by atoms with Crippen LogP contribution in [0.4, 0.5) is 5.95 Å². The van der Waals surface area contributed by atoms with Crippen LogP contribution in [0.3, 0.4) is 0 Å². The predicted octanol–water partition coefficient (Wildman–Crippen LogP) is 4.73. The second kappa shape index (κ2) is 12.7. The first-order valence-corrected chi connectivity index (χ1v) is 14.7. The summed E-state index contributed by atoms with van der Waals surface area (Å²) in [6, 6.07) is 27.8. The summed E-state index contributed by atoms with van der Waals surface area (Å²) in [4.78, 5) is 1.49. The summed E-state index contributed by atoms with van der Waals surface area (Å²) < 4.78 is 44.4. The van der Waals surface area contributed by atoms with E-state index in [-0.39, 0.29) is 17.4 Å². The van der Waals surface area contributed by atoms with Crippen molar-refractivity contribution in [3.8, 4) is 17.2 Å². The Hall–Kier alpha value is -4.90. The van der Waals surface area contributed by atoms with Crippen molar-refractivity contribution in [2.24, 2.45) is 0 Å². The lowest BCUT2D eigenvalue weighted by molar-refractivity contribution is 0.409. The largest absolute Gasteiger partial charge is 0.497 e. The molecule has 1 heterocycles. The van der Waals surface area contributed by atoms with E-state index in [0.717, 1.165) is 45.1 Å².